The molecule has 2 N–H and O–H groups in total. The van der Waals surface area contributed by atoms with Crippen molar-refractivity contribution in [1.29, 1.82) is 0 Å². The van der Waals surface area contributed by atoms with Crippen LogP contribution in [0.3, 0.4) is 0 Å². The molecule has 1 rings (SSSR count). The molecular formula is C14H25N3. The molecule has 3 nitrogen and oxygen atoms in total. The molecule has 0 heterocycles. The van der Waals surface area contributed by atoms with Crippen molar-refractivity contribution in [2.24, 2.45) is 5.73 Å². The van der Waals surface area contributed by atoms with Crippen LogP contribution >= 0.6 is 0 Å². The Labute approximate surface area is 105 Å². The highest BCUT2D eigenvalue weighted by Crippen LogP contribution is 2.23. The highest BCUT2D eigenvalue weighted by Gasteiger charge is 2.09. The first-order valence-electron chi connectivity index (χ1n) is 6.22. The van der Waals surface area contributed by atoms with E-state index in [1.54, 1.807) is 0 Å². The molecule has 0 saturated carbocycles. The van der Waals surface area contributed by atoms with E-state index in [0.29, 0.717) is 0 Å². The van der Waals surface area contributed by atoms with Crippen molar-refractivity contribution in [3.05, 3.63) is 29.8 Å². The molecule has 96 valence electrons. The van der Waals surface area contributed by atoms with Gasteiger partial charge in [0, 0.05) is 25.3 Å². The molecule has 0 aliphatic carbocycles. The zero-order valence-electron chi connectivity index (χ0n) is 11.5. The van der Waals surface area contributed by atoms with E-state index >= 15 is 0 Å². The lowest BCUT2D eigenvalue weighted by Gasteiger charge is -2.24. The third kappa shape index (κ3) is 4.36. The molecule has 0 fully saturated rings. The number of anilines is 1. The lowest BCUT2D eigenvalue weighted by atomic mass is 10.1. The van der Waals surface area contributed by atoms with Crippen LogP contribution in [0.15, 0.2) is 24.3 Å². The van der Waals surface area contributed by atoms with Crippen molar-refractivity contribution in [3.8, 4) is 0 Å². The van der Waals surface area contributed by atoms with Crippen LogP contribution in [0.25, 0.3) is 0 Å². The Bertz CT molecular complexity index is 334. The maximum absolute atomic E-state index is 5.99. The van der Waals surface area contributed by atoms with Gasteiger partial charge in [0.05, 0.1) is 0 Å². The van der Waals surface area contributed by atoms with Crippen LogP contribution in [0.2, 0.25) is 0 Å². The van der Waals surface area contributed by atoms with Crippen LogP contribution in [-0.4, -0.2) is 39.1 Å². The average molecular weight is 235 g/mol. The van der Waals surface area contributed by atoms with Crippen molar-refractivity contribution in [2.45, 2.75) is 19.4 Å². The SMILES string of the molecule is C[C@H](N)c1ccccc1N(C)CCCN(C)C. The summed E-state index contributed by atoms with van der Waals surface area (Å²) in [7, 11) is 6.35. The molecular weight excluding hydrogens is 210 g/mol. The quantitative estimate of drug-likeness (QED) is 0.819. The smallest absolute Gasteiger partial charge is 0.0411 e. The summed E-state index contributed by atoms with van der Waals surface area (Å²) in [6.07, 6.45) is 1.16. The van der Waals surface area contributed by atoms with Crippen LogP contribution in [0.1, 0.15) is 24.9 Å². The van der Waals surface area contributed by atoms with Gasteiger partial charge in [-0.05, 0) is 45.6 Å². The third-order valence-corrected chi connectivity index (χ3v) is 2.94. The van der Waals surface area contributed by atoms with E-state index in [-0.39, 0.29) is 6.04 Å². The second-order valence-corrected chi connectivity index (χ2v) is 4.93. The molecule has 0 spiro atoms. The molecule has 0 radical (unpaired) electrons. The summed E-state index contributed by atoms with van der Waals surface area (Å²) in [5.41, 5.74) is 8.47. The van der Waals surface area contributed by atoms with E-state index in [0.717, 1.165) is 19.5 Å². The summed E-state index contributed by atoms with van der Waals surface area (Å²) < 4.78 is 0. The minimum absolute atomic E-state index is 0.0856. The Morgan fingerprint density at radius 3 is 2.35 bits per heavy atom. The van der Waals surface area contributed by atoms with Gasteiger partial charge in [-0.25, -0.2) is 0 Å². The van der Waals surface area contributed by atoms with E-state index in [1.165, 1.54) is 11.3 Å². The molecule has 17 heavy (non-hydrogen) atoms. The number of hydrogen-bond acceptors (Lipinski definition) is 3. The Kier molecular flexibility index (Phi) is 5.45. The fourth-order valence-electron chi connectivity index (χ4n) is 1.96. The number of para-hydroxylation sites is 1. The molecule has 0 unspecified atom stereocenters. The molecule has 0 saturated heterocycles. The zero-order chi connectivity index (χ0) is 12.8. The predicted molar refractivity (Wildman–Crippen MR) is 75.5 cm³/mol. The second-order valence-electron chi connectivity index (χ2n) is 4.93. The van der Waals surface area contributed by atoms with Crippen LogP contribution in [0, 0.1) is 0 Å². The summed E-state index contributed by atoms with van der Waals surface area (Å²) in [6.45, 7) is 4.21. The Hall–Kier alpha value is -1.06. The van der Waals surface area contributed by atoms with Gasteiger partial charge in [0.15, 0.2) is 0 Å². The lowest BCUT2D eigenvalue weighted by Crippen LogP contribution is -2.25. The molecule has 0 aliphatic rings. The van der Waals surface area contributed by atoms with Crippen LogP contribution in [0.4, 0.5) is 5.69 Å². The average Bonchev–Trinajstić information content (AvgIpc) is 2.28. The Morgan fingerprint density at radius 2 is 1.76 bits per heavy atom. The molecule has 3 heteroatoms. The van der Waals surface area contributed by atoms with Crippen LogP contribution in [-0.2, 0) is 0 Å². The fraction of sp³-hybridized carbons (Fsp3) is 0.571. The minimum Gasteiger partial charge on any atom is -0.374 e. The summed E-state index contributed by atoms with van der Waals surface area (Å²) in [4.78, 5) is 4.51. The number of nitrogens with two attached hydrogens (primary N) is 1. The van der Waals surface area contributed by atoms with Crippen molar-refractivity contribution < 1.29 is 0 Å². The summed E-state index contributed by atoms with van der Waals surface area (Å²) in [6, 6.07) is 8.47. The summed E-state index contributed by atoms with van der Waals surface area (Å²) in [5, 5.41) is 0. The first-order chi connectivity index (χ1) is 8.02. The molecule has 1 aromatic rings. The van der Waals surface area contributed by atoms with Gasteiger partial charge in [0.2, 0.25) is 0 Å². The van der Waals surface area contributed by atoms with E-state index in [4.69, 9.17) is 5.73 Å². The van der Waals surface area contributed by atoms with Crippen molar-refractivity contribution in [2.75, 3.05) is 39.1 Å². The normalized spacial score (nSPS) is 12.8. The maximum Gasteiger partial charge on any atom is 0.0411 e. The molecule has 0 bridgehead atoms. The highest BCUT2D eigenvalue weighted by molar-refractivity contribution is 5.54. The largest absolute Gasteiger partial charge is 0.374 e. The number of hydrogen-bond donors (Lipinski definition) is 1. The van der Waals surface area contributed by atoms with Gasteiger partial charge in [0.25, 0.3) is 0 Å². The predicted octanol–water partition coefficient (Wildman–Crippen LogP) is 2.09. The monoisotopic (exact) mass is 235 g/mol. The van der Waals surface area contributed by atoms with Gasteiger partial charge in [-0.2, -0.15) is 0 Å². The maximum atomic E-state index is 5.99. The highest BCUT2D eigenvalue weighted by atomic mass is 15.1. The first kappa shape index (κ1) is 14.0. The van der Waals surface area contributed by atoms with Gasteiger partial charge in [-0.1, -0.05) is 18.2 Å². The third-order valence-electron chi connectivity index (χ3n) is 2.94. The molecule has 0 aromatic heterocycles. The van der Waals surface area contributed by atoms with Crippen molar-refractivity contribution >= 4 is 5.69 Å². The van der Waals surface area contributed by atoms with Crippen molar-refractivity contribution in [3.63, 3.8) is 0 Å². The zero-order valence-corrected chi connectivity index (χ0v) is 11.5. The van der Waals surface area contributed by atoms with Gasteiger partial charge in [-0.3, -0.25) is 0 Å². The van der Waals surface area contributed by atoms with E-state index in [9.17, 15) is 0 Å². The van der Waals surface area contributed by atoms with Gasteiger partial charge in [0.1, 0.15) is 0 Å². The number of benzene rings is 1. The Balaban J connectivity index is 2.65. The summed E-state index contributed by atoms with van der Waals surface area (Å²) in [5.74, 6) is 0. The topological polar surface area (TPSA) is 32.5 Å². The standard InChI is InChI=1S/C14H25N3/c1-12(15)13-8-5-6-9-14(13)17(4)11-7-10-16(2)3/h5-6,8-9,12H,7,10-11,15H2,1-4H3/t12-/m0/s1. The molecule has 1 aromatic carbocycles. The second kappa shape index (κ2) is 6.62. The fourth-order valence-corrected chi connectivity index (χ4v) is 1.96. The number of rotatable bonds is 6. The van der Waals surface area contributed by atoms with E-state index < -0.39 is 0 Å². The van der Waals surface area contributed by atoms with Crippen LogP contribution in [0.5, 0.6) is 0 Å². The van der Waals surface area contributed by atoms with Gasteiger partial charge < -0.3 is 15.5 Å². The Morgan fingerprint density at radius 1 is 1.12 bits per heavy atom. The minimum atomic E-state index is 0.0856. The first-order valence-corrected chi connectivity index (χ1v) is 6.22. The van der Waals surface area contributed by atoms with Gasteiger partial charge >= 0.3 is 0 Å². The summed E-state index contributed by atoms with van der Waals surface area (Å²) >= 11 is 0. The van der Waals surface area contributed by atoms with E-state index in [2.05, 4.69) is 55.2 Å². The van der Waals surface area contributed by atoms with Crippen molar-refractivity contribution in [1.82, 2.24) is 4.90 Å². The molecule has 0 aliphatic heterocycles. The van der Waals surface area contributed by atoms with E-state index in [1.807, 2.05) is 6.92 Å². The number of nitrogens with zero attached hydrogens (tertiary/aromatic N) is 2. The molecule has 1 atom stereocenters. The van der Waals surface area contributed by atoms with Crippen LogP contribution < -0.4 is 10.6 Å². The van der Waals surface area contributed by atoms with Gasteiger partial charge in [-0.15, -0.1) is 0 Å². The lowest BCUT2D eigenvalue weighted by molar-refractivity contribution is 0.401. The molecule has 0 amide bonds.